The van der Waals surface area contributed by atoms with Crippen LogP contribution in [0.1, 0.15) is 51.7 Å². The van der Waals surface area contributed by atoms with E-state index in [1.807, 2.05) is 68.4 Å². The maximum atomic E-state index is 13.2. The number of carbonyl (C=O) groups is 3. The van der Waals surface area contributed by atoms with Gasteiger partial charge in [-0.1, -0.05) is 56.3 Å². The second-order valence-electron chi connectivity index (χ2n) is 8.42. The summed E-state index contributed by atoms with van der Waals surface area (Å²) in [5, 5.41) is 2.78. The SMILES string of the molecule is CC(C)c1ccc([C@]2(C)NC(=O)N(CC(=O)N(c3ccccc3)C(C)C)C2=O)cc1. The minimum Gasteiger partial charge on any atom is -0.319 e. The van der Waals surface area contributed by atoms with E-state index < -0.39 is 17.5 Å². The van der Waals surface area contributed by atoms with Gasteiger partial charge in [0, 0.05) is 11.7 Å². The summed E-state index contributed by atoms with van der Waals surface area (Å²) in [5.41, 5.74) is 1.39. The molecule has 0 bridgehead atoms. The molecule has 158 valence electrons. The molecule has 2 aromatic carbocycles. The van der Waals surface area contributed by atoms with Crippen molar-refractivity contribution in [2.45, 2.75) is 52.1 Å². The van der Waals surface area contributed by atoms with Crippen LogP contribution in [0.4, 0.5) is 10.5 Å². The maximum absolute atomic E-state index is 13.2. The van der Waals surface area contributed by atoms with Gasteiger partial charge in [-0.3, -0.25) is 14.5 Å². The highest BCUT2D eigenvalue weighted by Gasteiger charge is 2.49. The fraction of sp³-hybridized carbons (Fsp3) is 0.375. The third kappa shape index (κ3) is 3.95. The Morgan fingerprint density at radius 1 is 1.00 bits per heavy atom. The van der Waals surface area contributed by atoms with E-state index >= 15 is 0 Å². The maximum Gasteiger partial charge on any atom is 0.325 e. The Labute approximate surface area is 177 Å². The molecule has 6 heteroatoms. The van der Waals surface area contributed by atoms with E-state index in [1.165, 1.54) is 0 Å². The number of para-hydroxylation sites is 1. The van der Waals surface area contributed by atoms with Crippen LogP contribution in [0, 0.1) is 0 Å². The minimum atomic E-state index is -1.19. The molecule has 1 heterocycles. The molecular formula is C24H29N3O3. The van der Waals surface area contributed by atoms with E-state index in [1.54, 1.807) is 11.8 Å². The molecule has 0 aromatic heterocycles. The van der Waals surface area contributed by atoms with Gasteiger partial charge >= 0.3 is 6.03 Å². The highest BCUT2D eigenvalue weighted by Crippen LogP contribution is 2.30. The van der Waals surface area contributed by atoms with Gasteiger partial charge in [-0.25, -0.2) is 4.79 Å². The molecule has 1 fully saturated rings. The summed E-state index contributed by atoms with van der Waals surface area (Å²) in [6, 6.07) is 16.2. The fourth-order valence-corrected chi connectivity index (χ4v) is 3.77. The highest BCUT2D eigenvalue weighted by atomic mass is 16.2. The van der Waals surface area contributed by atoms with E-state index in [-0.39, 0.29) is 18.5 Å². The quantitative estimate of drug-likeness (QED) is 0.736. The van der Waals surface area contributed by atoms with Gasteiger partial charge in [0.15, 0.2) is 0 Å². The van der Waals surface area contributed by atoms with Crippen molar-refractivity contribution < 1.29 is 14.4 Å². The molecule has 2 aromatic rings. The van der Waals surface area contributed by atoms with Crippen LogP contribution in [-0.4, -0.2) is 35.3 Å². The van der Waals surface area contributed by atoms with Gasteiger partial charge in [-0.15, -0.1) is 0 Å². The molecule has 0 spiro atoms. The molecule has 0 unspecified atom stereocenters. The number of imide groups is 1. The van der Waals surface area contributed by atoms with Gasteiger partial charge in [0.25, 0.3) is 5.91 Å². The van der Waals surface area contributed by atoms with Crippen LogP contribution < -0.4 is 10.2 Å². The summed E-state index contributed by atoms with van der Waals surface area (Å²) < 4.78 is 0. The van der Waals surface area contributed by atoms with Crippen molar-refractivity contribution in [1.82, 2.24) is 10.2 Å². The van der Waals surface area contributed by atoms with E-state index in [4.69, 9.17) is 0 Å². The van der Waals surface area contributed by atoms with Crippen LogP contribution in [-0.2, 0) is 15.1 Å². The lowest BCUT2D eigenvalue weighted by Gasteiger charge is -2.28. The number of nitrogens with zero attached hydrogens (tertiary/aromatic N) is 2. The topological polar surface area (TPSA) is 69.7 Å². The molecule has 0 radical (unpaired) electrons. The lowest BCUT2D eigenvalue weighted by Crippen LogP contribution is -2.46. The van der Waals surface area contributed by atoms with Gasteiger partial charge < -0.3 is 10.2 Å². The van der Waals surface area contributed by atoms with Crippen molar-refractivity contribution in [2.75, 3.05) is 11.4 Å². The van der Waals surface area contributed by atoms with Crippen molar-refractivity contribution in [3.05, 3.63) is 65.7 Å². The standard InChI is InChI=1S/C24H29N3O3/c1-16(2)18-11-13-19(14-12-18)24(5)22(29)26(23(30)25-24)15-21(28)27(17(3)4)20-9-7-6-8-10-20/h6-14,16-17H,15H2,1-5H3,(H,25,30)/t24-/m0/s1. The van der Waals surface area contributed by atoms with Crippen molar-refractivity contribution >= 4 is 23.5 Å². The first-order valence-corrected chi connectivity index (χ1v) is 10.3. The first-order chi connectivity index (χ1) is 14.1. The number of benzene rings is 2. The van der Waals surface area contributed by atoms with E-state index in [2.05, 4.69) is 19.2 Å². The Bertz CT molecular complexity index is 938. The van der Waals surface area contributed by atoms with Crippen LogP contribution in [0.5, 0.6) is 0 Å². The molecule has 1 aliphatic heterocycles. The second-order valence-corrected chi connectivity index (χ2v) is 8.42. The number of hydrogen-bond acceptors (Lipinski definition) is 3. The number of amides is 4. The summed E-state index contributed by atoms with van der Waals surface area (Å²) in [7, 11) is 0. The zero-order chi connectivity index (χ0) is 22.1. The van der Waals surface area contributed by atoms with Crippen molar-refractivity contribution in [3.63, 3.8) is 0 Å². The summed E-state index contributed by atoms with van der Waals surface area (Å²) in [4.78, 5) is 41.5. The molecular weight excluding hydrogens is 378 g/mol. The molecule has 30 heavy (non-hydrogen) atoms. The van der Waals surface area contributed by atoms with Crippen LogP contribution in [0.2, 0.25) is 0 Å². The molecule has 4 amide bonds. The van der Waals surface area contributed by atoms with E-state index in [9.17, 15) is 14.4 Å². The van der Waals surface area contributed by atoms with Crippen LogP contribution in [0.25, 0.3) is 0 Å². The average molecular weight is 408 g/mol. The Hall–Kier alpha value is -3.15. The Balaban J connectivity index is 1.82. The number of anilines is 1. The molecule has 0 saturated carbocycles. The van der Waals surface area contributed by atoms with Crippen molar-refractivity contribution in [1.29, 1.82) is 0 Å². The first-order valence-electron chi connectivity index (χ1n) is 10.3. The van der Waals surface area contributed by atoms with Crippen LogP contribution >= 0.6 is 0 Å². The van der Waals surface area contributed by atoms with E-state index in [0.29, 0.717) is 11.5 Å². The second kappa shape index (κ2) is 8.30. The third-order valence-corrected chi connectivity index (χ3v) is 5.54. The Kier molecular flexibility index (Phi) is 5.97. The monoisotopic (exact) mass is 407 g/mol. The van der Waals surface area contributed by atoms with Crippen molar-refractivity contribution in [3.8, 4) is 0 Å². The summed E-state index contributed by atoms with van der Waals surface area (Å²) in [6.45, 7) is 9.37. The molecule has 1 aliphatic rings. The molecule has 1 atom stereocenters. The smallest absolute Gasteiger partial charge is 0.319 e. The van der Waals surface area contributed by atoms with Crippen molar-refractivity contribution in [2.24, 2.45) is 0 Å². The molecule has 1 saturated heterocycles. The number of carbonyl (C=O) groups excluding carboxylic acids is 3. The molecule has 3 rings (SSSR count). The lowest BCUT2D eigenvalue weighted by atomic mass is 9.90. The lowest BCUT2D eigenvalue weighted by molar-refractivity contribution is -0.134. The summed E-state index contributed by atoms with van der Waals surface area (Å²) in [6.07, 6.45) is 0. The minimum absolute atomic E-state index is 0.115. The van der Waals surface area contributed by atoms with Crippen LogP contribution in [0.3, 0.4) is 0 Å². The zero-order valence-corrected chi connectivity index (χ0v) is 18.2. The fourth-order valence-electron chi connectivity index (χ4n) is 3.77. The number of rotatable bonds is 6. The van der Waals surface area contributed by atoms with Crippen LogP contribution in [0.15, 0.2) is 54.6 Å². The van der Waals surface area contributed by atoms with Gasteiger partial charge in [0.2, 0.25) is 5.91 Å². The predicted molar refractivity (Wildman–Crippen MR) is 117 cm³/mol. The number of nitrogens with one attached hydrogen (secondary N) is 1. The third-order valence-electron chi connectivity index (χ3n) is 5.54. The van der Waals surface area contributed by atoms with E-state index in [0.717, 1.165) is 16.2 Å². The van der Waals surface area contributed by atoms with Gasteiger partial charge in [-0.05, 0) is 49.9 Å². The molecule has 1 N–H and O–H groups in total. The van der Waals surface area contributed by atoms with Gasteiger partial charge in [0.1, 0.15) is 12.1 Å². The summed E-state index contributed by atoms with van der Waals surface area (Å²) >= 11 is 0. The Morgan fingerprint density at radius 2 is 1.60 bits per heavy atom. The predicted octanol–water partition coefficient (Wildman–Crippen LogP) is 4.02. The number of urea groups is 1. The van der Waals surface area contributed by atoms with Gasteiger partial charge in [-0.2, -0.15) is 0 Å². The normalized spacial score (nSPS) is 18.8. The molecule has 0 aliphatic carbocycles. The summed E-state index contributed by atoms with van der Waals surface area (Å²) in [5.74, 6) is -0.358. The Morgan fingerprint density at radius 3 is 2.13 bits per heavy atom. The highest BCUT2D eigenvalue weighted by molar-refractivity contribution is 6.10. The van der Waals surface area contributed by atoms with Gasteiger partial charge in [0.05, 0.1) is 0 Å². The average Bonchev–Trinajstić information content (AvgIpc) is 2.92. The zero-order valence-electron chi connectivity index (χ0n) is 18.2. The first kappa shape index (κ1) is 21.6. The number of hydrogen-bond donors (Lipinski definition) is 1. The largest absolute Gasteiger partial charge is 0.325 e. The molecule has 6 nitrogen and oxygen atoms in total.